The molecule has 1 aromatic rings. The van der Waals surface area contributed by atoms with Crippen molar-refractivity contribution in [3.8, 4) is 5.75 Å². The molecule has 1 N–H and O–H groups in total. The van der Waals surface area contributed by atoms with Gasteiger partial charge in [0.05, 0.1) is 13.0 Å². The monoisotopic (exact) mass is 279 g/mol. The van der Waals surface area contributed by atoms with Gasteiger partial charge in [0, 0.05) is 19.1 Å². The number of carbonyl (C=O) groups is 1. The average molecular weight is 279 g/mol. The molecule has 1 rings (SSSR count). The molecule has 0 saturated heterocycles. The van der Waals surface area contributed by atoms with Gasteiger partial charge < -0.3 is 9.84 Å². The van der Waals surface area contributed by atoms with Crippen molar-refractivity contribution in [1.29, 1.82) is 0 Å². The lowest BCUT2D eigenvalue weighted by molar-refractivity contribution is -0.137. The van der Waals surface area contributed by atoms with E-state index in [1.165, 1.54) is 0 Å². The predicted molar refractivity (Wildman–Crippen MR) is 80.0 cm³/mol. The Kier molecular flexibility index (Phi) is 7.09. The maximum atomic E-state index is 10.7. The van der Waals surface area contributed by atoms with Gasteiger partial charge >= 0.3 is 5.97 Å². The van der Waals surface area contributed by atoms with E-state index in [1.54, 1.807) is 0 Å². The highest BCUT2D eigenvalue weighted by Crippen LogP contribution is 2.16. The van der Waals surface area contributed by atoms with E-state index in [-0.39, 0.29) is 6.42 Å². The smallest absolute Gasteiger partial charge is 0.304 e. The lowest BCUT2D eigenvalue weighted by atomic mass is 10.1. The number of carboxylic acid groups (broad SMARTS) is 1. The predicted octanol–water partition coefficient (Wildman–Crippen LogP) is 3.16. The van der Waals surface area contributed by atoms with Gasteiger partial charge in [-0.1, -0.05) is 19.1 Å². The van der Waals surface area contributed by atoms with Crippen LogP contribution in [-0.2, 0) is 11.3 Å². The number of ether oxygens (including phenoxy) is 1. The first-order chi connectivity index (χ1) is 9.52. The third-order valence-electron chi connectivity index (χ3n) is 3.10. The fourth-order valence-corrected chi connectivity index (χ4v) is 1.95. The quantitative estimate of drug-likeness (QED) is 0.754. The molecule has 0 radical (unpaired) electrons. The molecule has 0 bridgehead atoms. The molecule has 20 heavy (non-hydrogen) atoms. The van der Waals surface area contributed by atoms with Crippen molar-refractivity contribution in [2.24, 2.45) is 0 Å². The minimum Gasteiger partial charge on any atom is -0.494 e. The van der Waals surface area contributed by atoms with Gasteiger partial charge in [0.1, 0.15) is 5.75 Å². The first-order valence-electron chi connectivity index (χ1n) is 7.20. The lowest BCUT2D eigenvalue weighted by Gasteiger charge is -2.26. The summed E-state index contributed by atoms with van der Waals surface area (Å²) in [4.78, 5) is 12.9. The Hall–Kier alpha value is -1.55. The summed E-state index contributed by atoms with van der Waals surface area (Å²) in [7, 11) is 0. The molecule has 0 fully saturated rings. The van der Waals surface area contributed by atoms with Crippen LogP contribution in [0.5, 0.6) is 5.75 Å². The van der Waals surface area contributed by atoms with E-state index in [2.05, 4.69) is 31.7 Å². The highest BCUT2D eigenvalue weighted by atomic mass is 16.5. The Morgan fingerprint density at radius 2 is 2.15 bits per heavy atom. The van der Waals surface area contributed by atoms with Crippen LogP contribution in [-0.4, -0.2) is 35.2 Å². The fraction of sp³-hybridized carbons (Fsp3) is 0.562. The van der Waals surface area contributed by atoms with Gasteiger partial charge in [-0.2, -0.15) is 0 Å². The average Bonchev–Trinajstić information content (AvgIpc) is 2.41. The van der Waals surface area contributed by atoms with Gasteiger partial charge in [-0.15, -0.1) is 0 Å². The number of nitrogens with zero attached hydrogens (tertiary/aromatic N) is 1. The van der Waals surface area contributed by atoms with Crippen molar-refractivity contribution in [2.45, 2.75) is 46.2 Å². The molecule has 0 spiro atoms. The summed E-state index contributed by atoms with van der Waals surface area (Å²) in [6, 6.07) is 8.34. The first kappa shape index (κ1) is 16.5. The zero-order valence-corrected chi connectivity index (χ0v) is 12.6. The van der Waals surface area contributed by atoms with Gasteiger partial charge in [-0.3, -0.25) is 9.69 Å². The van der Waals surface area contributed by atoms with Crippen LogP contribution in [0, 0.1) is 0 Å². The maximum Gasteiger partial charge on any atom is 0.304 e. The van der Waals surface area contributed by atoms with E-state index in [0.29, 0.717) is 12.6 Å². The minimum absolute atomic E-state index is 0.171. The number of hydrogen-bond donors (Lipinski definition) is 1. The molecule has 0 aliphatic carbocycles. The van der Waals surface area contributed by atoms with Crippen LogP contribution in [0.3, 0.4) is 0 Å². The van der Waals surface area contributed by atoms with Crippen molar-refractivity contribution in [3.63, 3.8) is 0 Å². The summed E-state index contributed by atoms with van der Waals surface area (Å²) in [6.45, 7) is 8.27. The Labute approximate surface area is 121 Å². The second-order valence-electron chi connectivity index (χ2n) is 5.20. The fourth-order valence-electron chi connectivity index (χ4n) is 1.95. The van der Waals surface area contributed by atoms with Crippen molar-refractivity contribution < 1.29 is 14.6 Å². The molecule has 0 aliphatic heterocycles. The zero-order chi connectivity index (χ0) is 15.0. The molecule has 1 aromatic carbocycles. The highest BCUT2D eigenvalue weighted by Gasteiger charge is 2.12. The molecule has 0 saturated carbocycles. The van der Waals surface area contributed by atoms with Crippen LogP contribution in [0.2, 0.25) is 0 Å². The van der Waals surface area contributed by atoms with E-state index in [9.17, 15) is 4.79 Å². The van der Waals surface area contributed by atoms with Crippen LogP contribution in [0.1, 0.15) is 39.2 Å². The van der Waals surface area contributed by atoms with Crippen LogP contribution in [0.25, 0.3) is 0 Å². The second-order valence-corrected chi connectivity index (χ2v) is 5.20. The standard InChI is InChI=1S/C16H25NO3/c1-4-10-20-15-7-5-6-14(11-15)12-17(13(2)3)9-8-16(18)19/h5-7,11,13H,4,8-10,12H2,1-3H3,(H,18,19). The first-order valence-corrected chi connectivity index (χ1v) is 7.20. The number of hydrogen-bond acceptors (Lipinski definition) is 3. The summed E-state index contributed by atoms with van der Waals surface area (Å²) in [6.07, 6.45) is 1.16. The van der Waals surface area contributed by atoms with Crippen molar-refractivity contribution in [3.05, 3.63) is 29.8 Å². The number of benzene rings is 1. The lowest BCUT2D eigenvalue weighted by Crippen LogP contribution is -2.32. The van der Waals surface area contributed by atoms with Crippen molar-refractivity contribution in [2.75, 3.05) is 13.2 Å². The van der Waals surface area contributed by atoms with Gasteiger partial charge in [0.25, 0.3) is 0 Å². The zero-order valence-electron chi connectivity index (χ0n) is 12.6. The number of aliphatic carboxylic acids is 1. The van der Waals surface area contributed by atoms with Crippen LogP contribution in [0.4, 0.5) is 0 Å². The van der Waals surface area contributed by atoms with E-state index in [1.807, 2.05) is 18.2 Å². The highest BCUT2D eigenvalue weighted by molar-refractivity contribution is 5.66. The molecule has 112 valence electrons. The van der Waals surface area contributed by atoms with E-state index >= 15 is 0 Å². The second kappa shape index (κ2) is 8.59. The summed E-state index contributed by atoms with van der Waals surface area (Å²) in [5.74, 6) is 0.127. The molecule has 0 aromatic heterocycles. The Balaban J connectivity index is 2.65. The maximum absolute atomic E-state index is 10.7. The van der Waals surface area contributed by atoms with Gasteiger partial charge in [0.15, 0.2) is 0 Å². The number of carboxylic acids is 1. The molecule has 0 heterocycles. The molecule has 0 amide bonds. The Morgan fingerprint density at radius 1 is 1.40 bits per heavy atom. The molecule has 0 atom stereocenters. The molecule has 0 unspecified atom stereocenters. The van der Waals surface area contributed by atoms with E-state index < -0.39 is 5.97 Å². The SMILES string of the molecule is CCCOc1cccc(CN(CCC(=O)O)C(C)C)c1. The molecular formula is C16H25NO3. The summed E-state index contributed by atoms with van der Waals surface area (Å²) >= 11 is 0. The topological polar surface area (TPSA) is 49.8 Å². The third-order valence-corrected chi connectivity index (χ3v) is 3.10. The van der Waals surface area contributed by atoms with Gasteiger partial charge in [-0.25, -0.2) is 0 Å². The minimum atomic E-state index is -0.754. The third kappa shape index (κ3) is 6.06. The largest absolute Gasteiger partial charge is 0.494 e. The summed E-state index contributed by atoms with van der Waals surface area (Å²) in [5.41, 5.74) is 1.15. The summed E-state index contributed by atoms with van der Waals surface area (Å²) < 4.78 is 5.62. The van der Waals surface area contributed by atoms with Crippen LogP contribution >= 0.6 is 0 Å². The molecule has 4 heteroatoms. The Morgan fingerprint density at radius 3 is 2.75 bits per heavy atom. The van der Waals surface area contributed by atoms with E-state index in [4.69, 9.17) is 9.84 Å². The normalized spacial score (nSPS) is 11.1. The van der Waals surface area contributed by atoms with Gasteiger partial charge in [0.2, 0.25) is 0 Å². The summed E-state index contributed by atoms with van der Waals surface area (Å²) in [5, 5.41) is 8.80. The van der Waals surface area contributed by atoms with E-state index in [0.717, 1.165) is 30.9 Å². The molecule has 4 nitrogen and oxygen atoms in total. The molecular weight excluding hydrogens is 254 g/mol. The van der Waals surface area contributed by atoms with Crippen LogP contribution in [0.15, 0.2) is 24.3 Å². The Bertz CT molecular complexity index is 418. The molecule has 0 aliphatic rings. The van der Waals surface area contributed by atoms with Crippen LogP contribution < -0.4 is 4.74 Å². The van der Waals surface area contributed by atoms with Crippen molar-refractivity contribution in [1.82, 2.24) is 4.90 Å². The number of rotatable bonds is 9. The van der Waals surface area contributed by atoms with Gasteiger partial charge in [-0.05, 0) is 38.0 Å². The van der Waals surface area contributed by atoms with Crippen molar-refractivity contribution >= 4 is 5.97 Å².